The van der Waals surface area contributed by atoms with Crippen molar-refractivity contribution in [3.8, 4) is 5.75 Å². The van der Waals surface area contributed by atoms with Gasteiger partial charge in [0.1, 0.15) is 5.75 Å². The molecule has 3 nitrogen and oxygen atoms in total. The van der Waals surface area contributed by atoms with Crippen LogP contribution in [-0.2, 0) is 0 Å². The molecule has 1 aromatic rings. The fourth-order valence-corrected chi connectivity index (χ4v) is 1.88. The normalized spacial score (nSPS) is 12.4. The first kappa shape index (κ1) is 15.0. The number of nitrogens with two attached hydrogens (primary N) is 1. The molecule has 0 heterocycles. The fourth-order valence-electron chi connectivity index (χ4n) is 1.88. The summed E-state index contributed by atoms with van der Waals surface area (Å²) in [6.45, 7) is 7.21. The van der Waals surface area contributed by atoms with Crippen LogP contribution in [0.3, 0.4) is 0 Å². The summed E-state index contributed by atoms with van der Waals surface area (Å²) >= 11 is 0. The number of ether oxygens (including phenoxy) is 1. The Hall–Kier alpha value is -1.06. The molecule has 0 aliphatic rings. The predicted octanol–water partition coefficient (Wildman–Crippen LogP) is 1.52. The van der Waals surface area contributed by atoms with Crippen molar-refractivity contribution in [1.82, 2.24) is 0 Å². The summed E-state index contributed by atoms with van der Waals surface area (Å²) in [7, 11) is 0. The number of aliphatic hydroxyl groups excluding tert-OH is 1. The highest BCUT2D eigenvalue weighted by Gasteiger charge is 2.09. The second kappa shape index (κ2) is 8.95. The maximum absolute atomic E-state index is 8.66. The van der Waals surface area contributed by atoms with Crippen LogP contribution >= 0.6 is 0 Å². The van der Waals surface area contributed by atoms with Crippen LogP contribution in [0.4, 0.5) is 0 Å². The number of quaternary nitrogens is 1. The molecule has 102 valence electrons. The van der Waals surface area contributed by atoms with E-state index in [4.69, 9.17) is 9.84 Å². The van der Waals surface area contributed by atoms with Crippen LogP contribution in [0.15, 0.2) is 24.3 Å². The standard InChI is InChI=1S/C15H25NO2/c1-3-13(2)14-7-4-5-8-15(14)18-12-6-9-16-10-11-17/h4-5,7-8,13,16-17H,3,6,9-12H2,1-2H3/p+1/t13-/m1/s1. The minimum Gasteiger partial charge on any atom is -0.493 e. The summed E-state index contributed by atoms with van der Waals surface area (Å²) in [6.07, 6.45) is 2.14. The van der Waals surface area contributed by atoms with Crippen LogP contribution < -0.4 is 10.1 Å². The van der Waals surface area contributed by atoms with Crippen LogP contribution in [0, 0.1) is 0 Å². The van der Waals surface area contributed by atoms with E-state index in [1.54, 1.807) is 0 Å². The second-order valence-electron chi connectivity index (χ2n) is 4.64. The van der Waals surface area contributed by atoms with E-state index in [9.17, 15) is 0 Å². The number of benzene rings is 1. The highest BCUT2D eigenvalue weighted by atomic mass is 16.5. The molecule has 0 saturated carbocycles. The molecule has 0 saturated heterocycles. The van der Waals surface area contributed by atoms with Gasteiger partial charge in [-0.25, -0.2) is 0 Å². The molecule has 0 unspecified atom stereocenters. The Balaban J connectivity index is 2.37. The Morgan fingerprint density at radius 1 is 1.28 bits per heavy atom. The van der Waals surface area contributed by atoms with Crippen LogP contribution in [0.25, 0.3) is 0 Å². The lowest BCUT2D eigenvalue weighted by Gasteiger charge is -2.15. The zero-order valence-corrected chi connectivity index (χ0v) is 11.6. The van der Waals surface area contributed by atoms with Gasteiger partial charge in [-0.1, -0.05) is 32.0 Å². The number of hydrogen-bond donors (Lipinski definition) is 2. The summed E-state index contributed by atoms with van der Waals surface area (Å²) in [6, 6.07) is 8.31. The Bertz CT molecular complexity index is 328. The first-order valence-electron chi connectivity index (χ1n) is 6.93. The van der Waals surface area contributed by atoms with E-state index in [1.165, 1.54) is 5.56 Å². The fraction of sp³-hybridized carbons (Fsp3) is 0.600. The van der Waals surface area contributed by atoms with E-state index in [-0.39, 0.29) is 6.61 Å². The molecule has 3 heteroatoms. The Kier molecular flexibility index (Phi) is 7.46. The Morgan fingerprint density at radius 3 is 2.78 bits per heavy atom. The zero-order chi connectivity index (χ0) is 13.2. The Labute approximate surface area is 110 Å². The van der Waals surface area contributed by atoms with E-state index >= 15 is 0 Å². The summed E-state index contributed by atoms with van der Waals surface area (Å²) in [5.74, 6) is 1.57. The quantitative estimate of drug-likeness (QED) is 0.655. The minimum absolute atomic E-state index is 0.248. The van der Waals surface area contributed by atoms with Crippen LogP contribution in [0.1, 0.15) is 38.2 Å². The molecule has 3 N–H and O–H groups in total. The average molecular weight is 252 g/mol. The van der Waals surface area contributed by atoms with Crippen molar-refractivity contribution >= 4 is 0 Å². The summed E-state index contributed by atoms with van der Waals surface area (Å²) in [5, 5.41) is 10.8. The summed E-state index contributed by atoms with van der Waals surface area (Å²) < 4.78 is 5.86. The van der Waals surface area contributed by atoms with E-state index < -0.39 is 0 Å². The highest BCUT2D eigenvalue weighted by molar-refractivity contribution is 5.35. The van der Waals surface area contributed by atoms with Gasteiger partial charge in [-0.05, 0) is 24.0 Å². The molecule has 0 aliphatic carbocycles. The van der Waals surface area contributed by atoms with Crippen molar-refractivity contribution in [2.75, 3.05) is 26.3 Å². The van der Waals surface area contributed by atoms with Crippen molar-refractivity contribution in [3.05, 3.63) is 29.8 Å². The number of hydrogen-bond acceptors (Lipinski definition) is 2. The van der Waals surface area contributed by atoms with E-state index in [2.05, 4.69) is 37.4 Å². The van der Waals surface area contributed by atoms with Gasteiger partial charge in [0, 0.05) is 6.42 Å². The van der Waals surface area contributed by atoms with Crippen molar-refractivity contribution in [2.45, 2.75) is 32.6 Å². The van der Waals surface area contributed by atoms with Crippen molar-refractivity contribution < 1.29 is 15.2 Å². The first-order valence-corrected chi connectivity index (χ1v) is 6.93. The zero-order valence-electron chi connectivity index (χ0n) is 11.6. The average Bonchev–Trinajstić information content (AvgIpc) is 2.42. The molecular formula is C15H26NO2+. The van der Waals surface area contributed by atoms with Gasteiger partial charge in [-0.2, -0.15) is 0 Å². The van der Waals surface area contributed by atoms with Gasteiger partial charge in [-0.3, -0.25) is 0 Å². The van der Waals surface area contributed by atoms with Crippen molar-refractivity contribution in [3.63, 3.8) is 0 Å². The summed E-state index contributed by atoms with van der Waals surface area (Å²) in [4.78, 5) is 0. The maximum atomic E-state index is 8.66. The van der Waals surface area contributed by atoms with Gasteiger partial charge >= 0.3 is 0 Å². The van der Waals surface area contributed by atoms with Gasteiger partial charge in [0.05, 0.1) is 26.3 Å². The molecule has 0 aliphatic heterocycles. The smallest absolute Gasteiger partial charge is 0.122 e. The molecule has 0 spiro atoms. The topological polar surface area (TPSA) is 46.1 Å². The maximum Gasteiger partial charge on any atom is 0.122 e. The number of para-hydroxylation sites is 1. The lowest BCUT2D eigenvalue weighted by atomic mass is 9.98. The van der Waals surface area contributed by atoms with Crippen molar-refractivity contribution in [1.29, 1.82) is 0 Å². The first-order chi connectivity index (χ1) is 8.79. The summed E-state index contributed by atoms with van der Waals surface area (Å²) in [5.41, 5.74) is 1.30. The molecule has 1 atom stereocenters. The number of aliphatic hydroxyl groups is 1. The molecular weight excluding hydrogens is 226 g/mol. The third-order valence-corrected chi connectivity index (χ3v) is 3.21. The minimum atomic E-state index is 0.248. The number of rotatable bonds is 9. The van der Waals surface area contributed by atoms with Crippen LogP contribution in [0.5, 0.6) is 5.75 Å². The molecule has 0 amide bonds. The van der Waals surface area contributed by atoms with Gasteiger partial charge in [-0.15, -0.1) is 0 Å². The third kappa shape index (κ3) is 5.07. The van der Waals surface area contributed by atoms with Crippen molar-refractivity contribution in [2.24, 2.45) is 0 Å². The van der Waals surface area contributed by atoms with Gasteiger partial charge < -0.3 is 15.2 Å². The van der Waals surface area contributed by atoms with E-state index in [0.717, 1.165) is 38.3 Å². The Morgan fingerprint density at radius 2 is 2.06 bits per heavy atom. The molecule has 0 bridgehead atoms. The predicted molar refractivity (Wildman–Crippen MR) is 74.0 cm³/mol. The molecule has 0 radical (unpaired) electrons. The van der Waals surface area contributed by atoms with Crippen LogP contribution in [-0.4, -0.2) is 31.4 Å². The molecule has 0 fully saturated rings. The lowest BCUT2D eigenvalue weighted by molar-refractivity contribution is -0.656. The van der Waals surface area contributed by atoms with Crippen LogP contribution in [0.2, 0.25) is 0 Å². The molecule has 0 aromatic heterocycles. The largest absolute Gasteiger partial charge is 0.493 e. The lowest BCUT2D eigenvalue weighted by Crippen LogP contribution is -2.85. The van der Waals surface area contributed by atoms with Gasteiger partial charge in [0.15, 0.2) is 0 Å². The van der Waals surface area contributed by atoms with E-state index in [0.29, 0.717) is 5.92 Å². The highest BCUT2D eigenvalue weighted by Crippen LogP contribution is 2.28. The molecule has 1 rings (SSSR count). The SMILES string of the molecule is CC[C@@H](C)c1ccccc1OCCC[NH2+]CCO. The molecule has 1 aromatic carbocycles. The van der Waals surface area contributed by atoms with Gasteiger partial charge in [0.25, 0.3) is 0 Å². The third-order valence-electron chi connectivity index (χ3n) is 3.21. The molecule has 18 heavy (non-hydrogen) atoms. The van der Waals surface area contributed by atoms with E-state index in [1.807, 2.05) is 6.07 Å². The monoisotopic (exact) mass is 252 g/mol. The van der Waals surface area contributed by atoms with Gasteiger partial charge in [0.2, 0.25) is 0 Å². The second-order valence-corrected chi connectivity index (χ2v) is 4.64.